The summed E-state index contributed by atoms with van der Waals surface area (Å²) in [7, 11) is 0. The standard InChI is InChI=1S/C18H17ClFNO2/c1-2-12-23-17-9-4-3-8-16(17)21-18(22)11-10-13-14(19)6-5-7-15(13)20/h3-11H,2,12H2,1H3,(H,21,22)/b11-10+. The minimum absolute atomic E-state index is 0.180. The molecule has 0 fully saturated rings. The lowest BCUT2D eigenvalue weighted by molar-refractivity contribution is -0.111. The van der Waals surface area contributed by atoms with Crippen molar-refractivity contribution in [1.82, 2.24) is 0 Å². The zero-order valence-corrected chi connectivity index (χ0v) is 13.4. The molecular weight excluding hydrogens is 317 g/mol. The van der Waals surface area contributed by atoms with Crippen molar-refractivity contribution in [2.75, 3.05) is 11.9 Å². The van der Waals surface area contributed by atoms with Crippen LogP contribution in [-0.4, -0.2) is 12.5 Å². The molecule has 0 saturated carbocycles. The van der Waals surface area contributed by atoms with Gasteiger partial charge in [-0.3, -0.25) is 4.79 Å². The highest BCUT2D eigenvalue weighted by Crippen LogP contribution is 2.24. The molecule has 0 atom stereocenters. The number of nitrogens with one attached hydrogen (secondary N) is 1. The summed E-state index contributed by atoms with van der Waals surface area (Å²) in [5.41, 5.74) is 0.745. The lowest BCUT2D eigenvalue weighted by Gasteiger charge is -2.10. The number of carbonyl (C=O) groups excluding carboxylic acids is 1. The summed E-state index contributed by atoms with van der Waals surface area (Å²) in [4.78, 5) is 12.0. The Bertz CT molecular complexity index is 696. The zero-order chi connectivity index (χ0) is 16.7. The number of ether oxygens (including phenoxy) is 1. The van der Waals surface area contributed by atoms with E-state index in [0.29, 0.717) is 18.0 Å². The van der Waals surface area contributed by atoms with E-state index in [1.54, 1.807) is 24.3 Å². The Kier molecular flexibility index (Phi) is 6.18. The normalized spacial score (nSPS) is 10.7. The van der Waals surface area contributed by atoms with E-state index in [4.69, 9.17) is 16.3 Å². The molecule has 0 bridgehead atoms. The van der Waals surface area contributed by atoms with Crippen LogP contribution < -0.4 is 10.1 Å². The Morgan fingerprint density at radius 2 is 2.04 bits per heavy atom. The third-order valence-corrected chi connectivity index (χ3v) is 3.34. The number of rotatable bonds is 6. The Morgan fingerprint density at radius 1 is 1.26 bits per heavy atom. The monoisotopic (exact) mass is 333 g/mol. The lowest BCUT2D eigenvalue weighted by atomic mass is 10.2. The first kappa shape index (κ1) is 17.0. The van der Waals surface area contributed by atoms with Crippen LogP contribution in [0.2, 0.25) is 5.02 Å². The number of halogens is 2. The van der Waals surface area contributed by atoms with Crippen LogP contribution >= 0.6 is 11.6 Å². The van der Waals surface area contributed by atoms with Crippen LogP contribution in [0.4, 0.5) is 10.1 Å². The van der Waals surface area contributed by atoms with Crippen LogP contribution in [0.1, 0.15) is 18.9 Å². The van der Waals surface area contributed by atoms with Gasteiger partial charge in [-0.2, -0.15) is 0 Å². The van der Waals surface area contributed by atoms with Crippen molar-refractivity contribution >= 4 is 29.3 Å². The summed E-state index contributed by atoms with van der Waals surface area (Å²) in [5.74, 6) is -0.273. The Morgan fingerprint density at radius 3 is 2.78 bits per heavy atom. The van der Waals surface area contributed by atoms with Crippen molar-refractivity contribution in [3.05, 3.63) is 64.9 Å². The number of carbonyl (C=O) groups is 1. The largest absolute Gasteiger partial charge is 0.491 e. The van der Waals surface area contributed by atoms with Crippen molar-refractivity contribution in [3.8, 4) is 5.75 Å². The van der Waals surface area contributed by atoms with Crippen LogP contribution in [0.3, 0.4) is 0 Å². The third-order valence-electron chi connectivity index (χ3n) is 3.01. The highest BCUT2D eigenvalue weighted by atomic mass is 35.5. The van der Waals surface area contributed by atoms with Crippen LogP contribution in [0.25, 0.3) is 6.08 Å². The summed E-state index contributed by atoms with van der Waals surface area (Å²) in [6.45, 7) is 2.57. The van der Waals surface area contributed by atoms with E-state index in [0.717, 1.165) is 6.42 Å². The SMILES string of the molecule is CCCOc1ccccc1NC(=O)/C=C/c1c(F)cccc1Cl. The fraction of sp³-hybridized carbons (Fsp3) is 0.167. The highest BCUT2D eigenvalue weighted by molar-refractivity contribution is 6.32. The number of anilines is 1. The second kappa shape index (κ2) is 8.34. The molecular formula is C18H17ClFNO2. The van der Waals surface area contributed by atoms with Gasteiger partial charge >= 0.3 is 0 Å². The fourth-order valence-electron chi connectivity index (χ4n) is 1.91. The van der Waals surface area contributed by atoms with Gasteiger partial charge in [0.15, 0.2) is 0 Å². The maximum atomic E-state index is 13.6. The molecule has 3 nitrogen and oxygen atoms in total. The van der Waals surface area contributed by atoms with Gasteiger partial charge in [-0.05, 0) is 36.8 Å². The van der Waals surface area contributed by atoms with E-state index < -0.39 is 11.7 Å². The predicted octanol–water partition coefficient (Wildman–Crippen LogP) is 4.92. The topological polar surface area (TPSA) is 38.3 Å². The molecule has 0 aliphatic carbocycles. The van der Waals surface area contributed by atoms with Gasteiger partial charge in [-0.1, -0.05) is 36.7 Å². The molecule has 0 aliphatic heterocycles. The van der Waals surface area contributed by atoms with Gasteiger partial charge in [0.2, 0.25) is 5.91 Å². The quantitative estimate of drug-likeness (QED) is 0.762. The predicted molar refractivity (Wildman–Crippen MR) is 91.3 cm³/mol. The molecule has 0 saturated heterocycles. The van der Waals surface area contributed by atoms with Crippen LogP contribution in [-0.2, 0) is 4.79 Å². The van der Waals surface area contributed by atoms with Gasteiger partial charge < -0.3 is 10.1 Å². The van der Waals surface area contributed by atoms with E-state index >= 15 is 0 Å². The summed E-state index contributed by atoms with van der Waals surface area (Å²) in [6, 6.07) is 11.5. The summed E-state index contributed by atoms with van der Waals surface area (Å²) < 4.78 is 19.2. The summed E-state index contributed by atoms with van der Waals surface area (Å²) in [6.07, 6.45) is 3.46. The molecule has 0 aliphatic rings. The van der Waals surface area contributed by atoms with E-state index in [-0.39, 0.29) is 10.6 Å². The number of para-hydroxylation sites is 2. The number of amides is 1. The first-order valence-electron chi connectivity index (χ1n) is 7.26. The molecule has 0 heterocycles. The molecule has 2 aromatic carbocycles. The summed E-state index contributed by atoms with van der Waals surface area (Å²) >= 11 is 5.91. The van der Waals surface area contributed by atoms with Crippen LogP contribution in [0, 0.1) is 5.82 Å². The van der Waals surface area contributed by atoms with Gasteiger partial charge in [0.25, 0.3) is 0 Å². The Labute approximate surface area is 139 Å². The van der Waals surface area contributed by atoms with Crippen molar-refractivity contribution in [2.45, 2.75) is 13.3 Å². The summed E-state index contributed by atoms with van der Waals surface area (Å²) in [5, 5.41) is 2.96. The molecule has 5 heteroatoms. The molecule has 0 radical (unpaired) electrons. The lowest BCUT2D eigenvalue weighted by Crippen LogP contribution is -2.09. The van der Waals surface area contributed by atoms with E-state index in [2.05, 4.69) is 5.32 Å². The number of hydrogen-bond acceptors (Lipinski definition) is 2. The second-order valence-corrected chi connectivity index (χ2v) is 5.21. The average molecular weight is 334 g/mol. The second-order valence-electron chi connectivity index (χ2n) is 4.80. The Hall–Kier alpha value is -2.33. The molecule has 0 aromatic heterocycles. The van der Waals surface area contributed by atoms with Gasteiger partial charge in [0.1, 0.15) is 11.6 Å². The first-order chi connectivity index (χ1) is 11.1. The third kappa shape index (κ3) is 4.83. The minimum Gasteiger partial charge on any atom is -0.491 e. The molecule has 120 valence electrons. The fourth-order valence-corrected chi connectivity index (χ4v) is 2.14. The molecule has 1 N–H and O–H groups in total. The average Bonchev–Trinajstić information content (AvgIpc) is 2.53. The zero-order valence-electron chi connectivity index (χ0n) is 12.7. The smallest absolute Gasteiger partial charge is 0.248 e. The van der Waals surface area contributed by atoms with Gasteiger partial charge in [-0.25, -0.2) is 4.39 Å². The van der Waals surface area contributed by atoms with E-state index in [1.165, 1.54) is 24.3 Å². The van der Waals surface area contributed by atoms with Gasteiger partial charge in [0.05, 0.1) is 17.3 Å². The molecule has 0 spiro atoms. The molecule has 2 aromatic rings. The number of benzene rings is 2. The minimum atomic E-state index is -0.478. The maximum Gasteiger partial charge on any atom is 0.248 e. The Balaban J connectivity index is 2.09. The highest BCUT2D eigenvalue weighted by Gasteiger charge is 2.07. The van der Waals surface area contributed by atoms with Crippen molar-refractivity contribution in [1.29, 1.82) is 0 Å². The van der Waals surface area contributed by atoms with Crippen LogP contribution in [0.5, 0.6) is 5.75 Å². The van der Waals surface area contributed by atoms with E-state index in [9.17, 15) is 9.18 Å². The van der Waals surface area contributed by atoms with Gasteiger partial charge in [0, 0.05) is 11.6 Å². The number of hydrogen-bond donors (Lipinski definition) is 1. The van der Waals surface area contributed by atoms with Crippen molar-refractivity contribution in [2.24, 2.45) is 0 Å². The van der Waals surface area contributed by atoms with Crippen molar-refractivity contribution < 1.29 is 13.9 Å². The molecule has 23 heavy (non-hydrogen) atoms. The van der Waals surface area contributed by atoms with E-state index in [1.807, 2.05) is 13.0 Å². The van der Waals surface area contributed by atoms with Gasteiger partial charge in [-0.15, -0.1) is 0 Å². The maximum absolute atomic E-state index is 13.6. The molecule has 1 amide bonds. The van der Waals surface area contributed by atoms with Crippen LogP contribution in [0.15, 0.2) is 48.5 Å². The molecule has 0 unspecified atom stereocenters. The molecule has 2 rings (SSSR count). The first-order valence-corrected chi connectivity index (χ1v) is 7.64. The van der Waals surface area contributed by atoms with Crippen molar-refractivity contribution in [3.63, 3.8) is 0 Å².